The van der Waals surface area contributed by atoms with Crippen LogP contribution in [0.5, 0.6) is 0 Å². The van der Waals surface area contributed by atoms with Gasteiger partial charge < -0.3 is 0 Å². The van der Waals surface area contributed by atoms with Gasteiger partial charge in [0.05, 0.1) is 6.54 Å². The maximum atomic E-state index is 5.09. The van der Waals surface area contributed by atoms with Gasteiger partial charge in [0.15, 0.2) is 0 Å². The van der Waals surface area contributed by atoms with E-state index >= 15 is 0 Å². The maximum Gasteiger partial charge on any atom is 0.0734 e. The van der Waals surface area contributed by atoms with E-state index in [0.29, 0.717) is 6.54 Å². The van der Waals surface area contributed by atoms with Gasteiger partial charge in [-0.1, -0.05) is 5.92 Å². The third-order valence-corrected chi connectivity index (χ3v) is 0.341. The van der Waals surface area contributed by atoms with E-state index in [1.54, 1.807) is 7.05 Å². The number of nitrogens with zero attached hydrogens (tertiary/aromatic N) is 1. The van der Waals surface area contributed by atoms with Crippen molar-refractivity contribution in [3.05, 3.63) is 0 Å². The largest absolute Gasteiger partial charge is 0.268 e. The summed E-state index contributed by atoms with van der Waals surface area (Å²) in [7, 11) is 1.72. The molecule has 7 heavy (non-hydrogen) atoms. The molecule has 0 radical (unpaired) electrons. The molecule has 0 heterocycles. The van der Waals surface area contributed by atoms with Crippen LogP contribution in [0.4, 0.5) is 0 Å². The van der Waals surface area contributed by atoms with Gasteiger partial charge in [0.25, 0.3) is 0 Å². The van der Waals surface area contributed by atoms with Crippen molar-refractivity contribution in [2.24, 2.45) is 5.84 Å². The quantitative estimate of drug-likeness (QED) is 0.296. The zero-order valence-corrected chi connectivity index (χ0v) is 5.03. The van der Waals surface area contributed by atoms with Gasteiger partial charge in [-0.05, 0) is 0 Å². The lowest BCUT2D eigenvalue weighted by atomic mass is 10.7. The molecule has 2 nitrogen and oxygen atoms in total. The first-order chi connectivity index (χ1) is 2.77. The number of hydrogen-bond acceptors (Lipinski definition) is 2. The standard InChI is InChI=1S/C4H8N2.ClH/c1-3-4-6(2)5;/h1H,4-5H2,2H3;1H. The lowest BCUT2D eigenvalue weighted by molar-refractivity contribution is 0.396. The molecule has 0 rings (SSSR count). The van der Waals surface area contributed by atoms with Crippen molar-refractivity contribution in [3.63, 3.8) is 0 Å². The van der Waals surface area contributed by atoms with Crippen molar-refractivity contribution in [2.45, 2.75) is 0 Å². The average molecular weight is 121 g/mol. The lowest BCUT2D eigenvalue weighted by Gasteiger charge is -1.99. The fraction of sp³-hybridized carbons (Fsp3) is 0.500. The van der Waals surface area contributed by atoms with E-state index in [-0.39, 0.29) is 12.4 Å². The van der Waals surface area contributed by atoms with E-state index in [2.05, 4.69) is 5.92 Å². The highest BCUT2D eigenvalue weighted by Crippen LogP contribution is 1.58. The second-order valence-electron chi connectivity index (χ2n) is 1.12. The van der Waals surface area contributed by atoms with Crippen LogP contribution in [0.1, 0.15) is 0 Å². The number of rotatable bonds is 1. The third-order valence-electron chi connectivity index (χ3n) is 0.341. The first kappa shape index (κ1) is 9.91. The highest BCUT2D eigenvalue weighted by Gasteiger charge is 1.76. The Labute approximate surface area is 50.1 Å². The molecule has 0 unspecified atom stereocenters. The Kier molecular flexibility index (Phi) is 8.17. The summed E-state index contributed by atoms with van der Waals surface area (Å²) in [6.45, 7) is 0.514. The van der Waals surface area contributed by atoms with Crippen LogP contribution in [-0.2, 0) is 0 Å². The SMILES string of the molecule is C#CCN(C)N.Cl. The molecule has 0 aromatic heterocycles. The Hall–Kier alpha value is -0.230. The minimum Gasteiger partial charge on any atom is -0.268 e. The molecule has 0 aliphatic rings. The maximum absolute atomic E-state index is 5.09. The molecule has 3 heteroatoms. The van der Waals surface area contributed by atoms with Gasteiger partial charge in [-0.2, -0.15) is 0 Å². The van der Waals surface area contributed by atoms with E-state index in [1.165, 1.54) is 5.01 Å². The van der Waals surface area contributed by atoms with Crippen LogP contribution < -0.4 is 5.84 Å². The Morgan fingerprint density at radius 2 is 2.29 bits per heavy atom. The summed E-state index contributed by atoms with van der Waals surface area (Å²) in [6, 6.07) is 0. The fourth-order valence-electron chi connectivity index (χ4n) is 0.144. The van der Waals surface area contributed by atoms with E-state index in [0.717, 1.165) is 0 Å². The third kappa shape index (κ3) is 10.7. The van der Waals surface area contributed by atoms with Crippen molar-refractivity contribution in [2.75, 3.05) is 13.6 Å². The highest BCUT2D eigenvalue weighted by atomic mass is 35.5. The Morgan fingerprint density at radius 3 is 2.29 bits per heavy atom. The van der Waals surface area contributed by atoms with Gasteiger partial charge in [0, 0.05) is 7.05 Å². The number of nitrogens with two attached hydrogens (primary N) is 1. The van der Waals surface area contributed by atoms with Gasteiger partial charge in [0.1, 0.15) is 0 Å². The molecule has 42 valence electrons. The molecule has 0 bridgehead atoms. The molecule has 0 saturated heterocycles. The molecule has 0 aromatic carbocycles. The zero-order valence-electron chi connectivity index (χ0n) is 4.22. The molecular weight excluding hydrogens is 112 g/mol. The second kappa shape index (κ2) is 5.77. The summed E-state index contributed by atoms with van der Waals surface area (Å²) >= 11 is 0. The molecule has 0 aliphatic carbocycles. The molecule has 0 saturated carbocycles. The van der Waals surface area contributed by atoms with E-state index in [1.807, 2.05) is 0 Å². The summed E-state index contributed by atoms with van der Waals surface area (Å²) in [5.41, 5.74) is 0. The van der Waals surface area contributed by atoms with E-state index in [4.69, 9.17) is 12.3 Å². The number of hydrazine groups is 1. The fourth-order valence-corrected chi connectivity index (χ4v) is 0.144. The van der Waals surface area contributed by atoms with Crippen LogP contribution in [-0.4, -0.2) is 18.6 Å². The van der Waals surface area contributed by atoms with Crippen molar-refractivity contribution in [1.82, 2.24) is 5.01 Å². The van der Waals surface area contributed by atoms with Crippen molar-refractivity contribution in [1.29, 1.82) is 0 Å². The minimum absolute atomic E-state index is 0. The summed E-state index contributed by atoms with van der Waals surface area (Å²) < 4.78 is 0. The van der Waals surface area contributed by atoms with Gasteiger partial charge >= 0.3 is 0 Å². The minimum atomic E-state index is 0. The van der Waals surface area contributed by atoms with Crippen LogP contribution in [0.2, 0.25) is 0 Å². The van der Waals surface area contributed by atoms with Gasteiger partial charge in [-0.15, -0.1) is 18.8 Å². The molecule has 2 N–H and O–H groups in total. The van der Waals surface area contributed by atoms with E-state index < -0.39 is 0 Å². The van der Waals surface area contributed by atoms with Crippen molar-refractivity contribution >= 4 is 12.4 Å². The lowest BCUT2D eigenvalue weighted by Crippen LogP contribution is -2.25. The molecule has 0 aliphatic heterocycles. The molecule has 0 fully saturated rings. The number of halogens is 1. The highest BCUT2D eigenvalue weighted by molar-refractivity contribution is 5.85. The zero-order chi connectivity index (χ0) is 4.99. The van der Waals surface area contributed by atoms with Crippen LogP contribution in [0.15, 0.2) is 0 Å². The predicted molar refractivity (Wildman–Crippen MR) is 32.9 cm³/mol. The summed E-state index contributed by atoms with van der Waals surface area (Å²) in [4.78, 5) is 0. The molecule has 0 spiro atoms. The Balaban J connectivity index is 0. The van der Waals surface area contributed by atoms with Crippen LogP contribution in [0.25, 0.3) is 0 Å². The molecule has 0 aromatic rings. The van der Waals surface area contributed by atoms with Crippen molar-refractivity contribution in [3.8, 4) is 12.3 Å². The van der Waals surface area contributed by atoms with E-state index in [9.17, 15) is 0 Å². The van der Waals surface area contributed by atoms with Crippen LogP contribution in [0.3, 0.4) is 0 Å². The van der Waals surface area contributed by atoms with Gasteiger partial charge in [0.2, 0.25) is 0 Å². The average Bonchev–Trinajstić information content (AvgIpc) is 1.35. The topological polar surface area (TPSA) is 29.3 Å². The summed E-state index contributed by atoms with van der Waals surface area (Å²) in [5, 5.41) is 1.44. The molecule has 0 amide bonds. The normalized spacial score (nSPS) is 7.14. The number of hydrogen-bond donors (Lipinski definition) is 1. The smallest absolute Gasteiger partial charge is 0.0734 e. The monoisotopic (exact) mass is 120 g/mol. The Morgan fingerprint density at radius 1 is 1.86 bits per heavy atom. The first-order valence-corrected chi connectivity index (χ1v) is 1.66. The second-order valence-corrected chi connectivity index (χ2v) is 1.12. The first-order valence-electron chi connectivity index (χ1n) is 1.66. The predicted octanol–water partition coefficient (Wildman–Crippen LogP) is -0.153. The van der Waals surface area contributed by atoms with Crippen LogP contribution in [0, 0.1) is 12.3 Å². The molecule has 0 atom stereocenters. The van der Waals surface area contributed by atoms with Gasteiger partial charge in [-0.25, -0.2) is 5.01 Å². The number of terminal acetylenes is 1. The summed E-state index contributed by atoms with van der Waals surface area (Å²) in [6.07, 6.45) is 4.86. The van der Waals surface area contributed by atoms with Crippen molar-refractivity contribution < 1.29 is 0 Å². The Bertz CT molecular complexity index is 64.6. The molecular formula is C4H9ClN2. The van der Waals surface area contributed by atoms with Crippen LogP contribution >= 0.6 is 12.4 Å². The summed E-state index contributed by atoms with van der Waals surface area (Å²) in [5.74, 6) is 7.46. The van der Waals surface area contributed by atoms with Gasteiger partial charge in [-0.3, -0.25) is 5.84 Å².